The molecule has 0 aliphatic carbocycles. The lowest BCUT2D eigenvalue weighted by Crippen LogP contribution is -2.19. The average Bonchev–Trinajstić information content (AvgIpc) is 2.88. The molecule has 1 fully saturated rings. The molecule has 1 N–H and O–H groups in total. The van der Waals surface area contributed by atoms with Crippen LogP contribution in [0.15, 0.2) is 35.3 Å². The molecule has 0 radical (unpaired) electrons. The number of ether oxygens (including phenoxy) is 1. The van der Waals surface area contributed by atoms with Gasteiger partial charge in [0, 0.05) is 12.4 Å². The molecule has 1 saturated heterocycles. The van der Waals surface area contributed by atoms with E-state index in [1.165, 1.54) is 5.56 Å². The normalized spacial score (nSPS) is 21.0. The number of nitrogens with zero attached hydrogens (tertiary/aromatic N) is 1. The Bertz CT molecular complexity index is 406. The van der Waals surface area contributed by atoms with Crippen LogP contribution in [0, 0.1) is 5.92 Å². The Morgan fingerprint density at radius 1 is 1.37 bits per heavy atom. The van der Waals surface area contributed by atoms with Crippen LogP contribution in [-0.2, 0) is 4.74 Å². The van der Waals surface area contributed by atoms with Crippen molar-refractivity contribution in [2.45, 2.75) is 19.9 Å². The first-order chi connectivity index (χ1) is 9.25. The van der Waals surface area contributed by atoms with E-state index in [0.29, 0.717) is 18.6 Å². The number of benzene rings is 1. The highest BCUT2D eigenvalue weighted by molar-refractivity contribution is 8.14. The summed E-state index contributed by atoms with van der Waals surface area (Å²) in [6, 6.07) is 10.9. The number of thioether (sulfide) groups is 1. The first kappa shape index (κ1) is 14.4. The van der Waals surface area contributed by atoms with E-state index in [-0.39, 0.29) is 0 Å². The van der Waals surface area contributed by atoms with Gasteiger partial charge in [0.15, 0.2) is 5.17 Å². The molecule has 1 heterocycles. The monoisotopic (exact) mass is 278 g/mol. The minimum Gasteiger partial charge on any atom is -0.379 e. The topological polar surface area (TPSA) is 33.6 Å². The van der Waals surface area contributed by atoms with Gasteiger partial charge >= 0.3 is 0 Å². The van der Waals surface area contributed by atoms with Crippen LogP contribution in [0.4, 0.5) is 0 Å². The predicted octanol–water partition coefficient (Wildman–Crippen LogP) is 3.09. The van der Waals surface area contributed by atoms with E-state index in [1.807, 2.05) is 6.07 Å². The van der Waals surface area contributed by atoms with E-state index in [0.717, 1.165) is 24.1 Å². The number of nitrogens with one attached hydrogen (secondary N) is 1. The van der Waals surface area contributed by atoms with E-state index in [1.54, 1.807) is 11.8 Å². The third-order valence-corrected chi connectivity index (χ3v) is 3.85. The Morgan fingerprint density at radius 2 is 2.16 bits per heavy atom. The Labute approximate surface area is 119 Å². The molecule has 0 bridgehead atoms. The summed E-state index contributed by atoms with van der Waals surface area (Å²) in [6.07, 6.45) is 0. The SMILES string of the molecule is CC(C)COCCN=C1NC(c2ccccc2)CS1. The van der Waals surface area contributed by atoms with Crippen molar-refractivity contribution in [1.29, 1.82) is 0 Å². The van der Waals surface area contributed by atoms with Gasteiger partial charge in [-0.1, -0.05) is 55.9 Å². The van der Waals surface area contributed by atoms with Crippen LogP contribution < -0.4 is 5.32 Å². The molecule has 1 aromatic rings. The second-order valence-corrected chi connectivity index (χ2v) is 6.08. The van der Waals surface area contributed by atoms with Gasteiger partial charge < -0.3 is 10.1 Å². The fraction of sp³-hybridized carbons (Fsp3) is 0.533. The summed E-state index contributed by atoms with van der Waals surface area (Å²) < 4.78 is 5.52. The smallest absolute Gasteiger partial charge is 0.157 e. The molecule has 19 heavy (non-hydrogen) atoms. The highest BCUT2D eigenvalue weighted by Crippen LogP contribution is 2.25. The van der Waals surface area contributed by atoms with Crippen LogP contribution in [0.1, 0.15) is 25.5 Å². The lowest BCUT2D eigenvalue weighted by molar-refractivity contribution is 0.117. The molecule has 1 aromatic carbocycles. The van der Waals surface area contributed by atoms with Crippen molar-refractivity contribution in [3.63, 3.8) is 0 Å². The van der Waals surface area contributed by atoms with Crippen molar-refractivity contribution in [1.82, 2.24) is 5.32 Å². The molecule has 1 atom stereocenters. The minimum atomic E-state index is 0.390. The Kier molecular flexibility index (Phi) is 5.73. The zero-order chi connectivity index (χ0) is 13.5. The molecule has 1 unspecified atom stereocenters. The summed E-state index contributed by atoms with van der Waals surface area (Å²) in [7, 11) is 0. The highest BCUT2D eigenvalue weighted by Gasteiger charge is 2.21. The van der Waals surface area contributed by atoms with Crippen LogP contribution in [0.3, 0.4) is 0 Å². The van der Waals surface area contributed by atoms with E-state index < -0.39 is 0 Å². The maximum Gasteiger partial charge on any atom is 0.157 e. The van der Waals surface area contributed by atoms with Gasteiger partial charge in [-0.15, -0.1) is 0 Å². The van der Waals surface area contributed by atoms with Crippen LogP contribution >= 0.6 is 11.8 Å². The van der Waals surface area contributed by atoms with E-state index in [9.17, 15) is 0 Å². The molecule has 2 rings (SSSR count). The second kappa shape index (κ2) is 7.56. The molecule has 4 heteroatoms. The molecule has 0 spiro atoms. The summed E-state index contributed by atoms with van der Waals surface area (Å²) in [6.45, 7) is 6.58. The van der Waals surface area contributed by atoms with Crippen LogP contribution in [0.5, 0.6) is 0 Å². The summed E-state index contributed by atoms with van der Waals surface area (Å²) in [5.74, 6) is 1.64. The molecular formula is C15H22N2OS. The van der Waals surface area contributed by atoms with Crippen LogP contribution in [0.2, 0.25) is 0 Å². The second-order valence-electron chi connectivity index (χ2n) is 5.07. The quantitative estimate of drug-likeness (QED) is 0.812. The van der Waals surface area contributed by atoms with Crippen molar-refractivity contribution >= 4 is 16.9 Å². The molecular weight excluding hydrogens is 256 g/mol. The first-order valence-corrected chi connectivity index (χ1v) is 7.80. The summed E-state index contributed by atoms with van der Waals surface area (Å²) in [5.41, 5.74) is 1.33. The van der Waals surface area contributed by atoms with Crippen molar-refractivity contribution < 1.29 is 4.74 Å². The molecule has 3 nitrogen and oxygen atoms in total. The predicted molar refractivity (Wildman–Crippen MR) is 82.7 cm³/mol. The third kappa shape index (κ3) is 4.88. The average molecular weight is 278 g/mol. The largest absolute Gasteiger partial charge is 0.379 e. The van der Waals surface area contributed by atoms with E-state index in [4.69, 9.17) is 4.74 Å². The lowest BCUT2D eigenvalue weighted by Gasteiger charge is -2.09. The number of amidine groups is 1. The van der Waals surface area contributed by atoms with Crippen molar-refractivity contribution in [3.05, 3.63) is 35.9 Å². The molecule has 0 saturated carbocycles. The zero-order valence-corrected chi connectivity index (χ0v) is 12.5. The van der Waals surface area contributed by atoms with Gasteiger partial charge in [0.1, 0.15) is 0 Å². The van der Waals surface area contributed by atoms with Gasteiger partial charge in [-0.2, -0.15) is 0 Å². The number of hydrogen-bond acceptors (Lipinski definition) is 3. The van der Waals surface area contributed by atoms with Crippen molar-refractivity contribution in [2.75, 3.05) is 25.5 Å². The van der Waals surface area contributed by atoms with E-state index >= 15 is 0 Å². The Morgan fingerprint density at radius 3 is 2.89 bits per heavy atom. The fourth-order valence-electron chi connectivity index (χ4n) is 1.88. The highest BCUT2D eigenvalue weighted by atomic mass is 32.2. The van der Waals surface area contributed by atoms with Crippen LogP contribution in [0.25, 0.3) is 0 Å². The molecule has 104 valence electrons. The van der Waals surface area contributed by atoms with Crippen LogP contribution in [-0.4, -0.2) is 30.7 Å². The maximum atomic E-state index is 5.52. The Hall–Kier alpha value is -1.00. The maximum absolute atomic E-state index is 5.52. The van der Waals surface area contributed by atoms with Gasteiger partial charge in [-0.25, -0.2) is 0 Å². The zero-order valence-electron chi connectivity index (χ0n) is 11.6. The van der Waals surface area contributed by atoms with Gasteiger partial charge in [0.05, 0.1) is 19.2 Å². The first-order valence-electron chi connectivity index (χ1n) is 6.82. The number of rotatable bonds is 6. The summed E-state index contributed by atoms with van der Waals surface area (Å²) in [4.78, 5) is 4.54. The number of hydrogen-bond donors (Lipinski definition) is 1. The standard InChI is InChI=1S/C15H22N2OS/c1-12(2)10-18-9-8-16-15-17-14(11-19-15)13-6-4-3-5-7-13/h3-7,12,14H,8-11H2,1-2H3,(H,16,17). The lowest BCUT2D eigenvalue weighted by atomic mass is 10.1. The number of aliphatic imine (C=N–C) groups is 1. The summed E-state index contributed by atoms with van der Waals surface area (Å²) >= 11 is 1.79. The van der Waals surface area contributed by atoms with Gasteiger partial charge in [-0.05, 0) is 11.5 Å². The van der Waals surface area contributed by atoms with Crippen molar-refractivity contribution in [2.24, 2.45) is 10.9 Å². The van der Waals surface area contributed by atoms with Gasteiger partial charge in [-0.3, -0.25) is 4.99 Å². The summed E-state index contributed by atoms with van der Waals surface area (Å²) in [5, 5.41) is 4.51. The van der Waals surface area contributed by atoms with Gasteiger partial charge in [0.25, 0.3) is 0 Å². The molecule has 1 aliphatic heterocycles. The molecule has 0 aromatic heterocycles. The Balaban J connectivity index is 1.73. The van der Waals surface area contributed by atoms with Crippen molar-refractivity contribution in [3.8, 4) is 0 Å². The fourth-order valence-corrected chi connectivity index (χ4v) is 2.89. The van der Waals surface area contributed by atoms with Gasteiger partial charge in [0.2, 0.25) is 0 Å². The third-order valence-electron chi connectivity index (χ3n) is 2.83. The van der Waals surface area contributed by atoms with E-state index in [2.05, 4.69) is 48.4 Å². The molecule has 0 amide bonds. The minimum absolute atomic E-state index is 0.390. The molecule has 1 aliphatic rings.